The summed E-state index contributed by atoms with van der Waals surface area (Å²) >= 11 is 0. The van der Waals surface area contributed by atoms with Crippen LogP contribution < -0.4 is 0 Å². The number of benzene rings is 1. The van der Waals surface area contributed by atoms with Crippen LogP contribution >= 0.6 is 0 Å². The Hall–Kier alpha value is -1.15. The highest BCUT2D eigenvalue weighted by atomic mass is 16.1. The van der Waals surface area contributed by atoms with Gasteiger partial charge in [-0.1, -0.05) is 30.7 Å². The minimum absolute atomic E-state index is 0.259. The predicted octanol–water partition coefficient (Wildman–Crippen LogP) is 3.22. The number of hydrogen-bond donors (Lipinski definition) is 0. The number of Topliss-reactive ketones (excluding diaryl/α,β-unsaturated/α-hetero) is 1. The third-order valence-electron chi connectivity index (χ3n) is 3.71. The maximum atomic E-state index is 12.3. The van der Waals surface area contributed by atoms with Gasteiger partial charge in [-0.15, -0.1) is 0 Å². The smallest absolute Gasteiger partial charge is 0.177 e. The molecule has 2 heteroatoms. The summed E-state index contributed by atoms with van der Waals surface area (Å²) in [5.41, 5.74) is 3.20. The summed E-state index contributed by atoms with van der Waals surface area (Å²) in [4.78, 5) is 14.6. The Balaban J connectivity index is 2.00. The van der Waals surface area contributed by atoms with Crippen LogP contribution in [0.2, 0.25) is 0 Å². The first-order chi connectivity index (χ1) is 8.60. The van der Waals surface area contributed by atoms with E-state index < -0.39 is 0 Å². The van der Waals surface area contributed by atoms with Crippen molar-refractivity contribution in [2.24, 2.45) is 5.92 Å². The van der Waals surface area contributed by atoms with E-state index in [1.54, 1.807) is 0 Å². The van der Waals surface area contributed by atoms with Crippen molar-refractivity contribution in [3.05, 3.63) is 34.9 Å². The van der Waals surface area contributed by atoms with Gasteiger partial charge in [-0.05, 0) is 44.7 Å². The molecule has 0 N–H and O–H groups in total. The molecule has 0 aliphatic heterocycles. The van der Waals surface area contributed by atoms with Crippen LogP contribution in [0.15, 0.2) is 18.2 Å². The molecule has 1 aliphatic rings. The summed E-state index contributed by atoms with van der Waals surface area (Å²) in [6.07, 6.45) is 2.68. The summed E-state index contributed by atoms with van der Waals surface area (Å²) in [6, 6.07) is 6.08. The summed E-state index contributed by atoms with van der Waals surface area (Å²) in [6.45, 7) is 8.85. The number of hydrogen-bond acceptors (Lipinski definition) is 2. The second-order valence-corrected chi connectivity index (χ2v) is 5.51. The Morgan fingerprint density at radius 2 is 2.06 bits per heavy atom. The molecule has 0 aromatic heterocycles. The zero-order valence-electron chi connectivity index (χ0n) is 11.7. The van der Waals surface area contributed by atoms with Crippen LogP contribution in [0.5, 0.6) is 0 Å². The van der Waals surface area contributed by atoms with Gasteiger partial charge in [0.05, 0.1) is 6.54 Å². The third kappa shape index (κ3) is 3.42. The van der Waals surface area contributed by atoms with Gasteiger partial charge in [-0.3, -0.25) is 9.69 Å². The molecule has 0 radical (unpaired) electrons. The van der Waals surface area contributed by atoms with Crippen LogP contribution in [-0.2, 0) is 0 Å². The molecule has 1 aromatic rings. The van der Waals surface area contributed by atoms with E-state index in [1.807, 2.05) is 19.1 Å². The topological polar surface area (TPSA) is 20.3 Å². The molecule has 18 heavy (non-hydrogen) atoms. The van der Waals surface area contributed by atoms with E-state index in [9.17, 15) is 4.79 Å². The lowest BCUT2D eigenvalue weighted by Crippen LogP contribution is -2.31. The van der Waals surface area contributed by atoms with Gasteiger partial charge in [0.25, 0.3) is 0 Å². The van der Waals surface area contributed by atoms with Crippen LogP contribution in [0, 0.1) is 19.8 Å². The molecule has 1 fully saturated rings. The van der Waals surface area contributed by atoms with Gasteiger partial charge in [0.2, 0.25) is 0 Å². The third-order valence-corrected chi connectivity index (χ3v) is 3.71. The van der Waals surface area contributed by atoms with E-state index >= 15 is 0 Å². The fraction of sp³-hybridized carbons (Fsp3) is 0.562. The first-order valence-electron chi connectivity index (χ1n) is 6.93. The van der Waals surface area contributed by atoms with Crippen LogP contribution in [0.25, 0.3) is 0 Å². The quantitative estimate of drug-likeness (QED) is 0.717. The second-order valence-electron chi connectivity index (χ2n) is 5.51. The molecule has 0 amide bonds. The average Bonchev–Trinajstić information content (AvgIpc) is 3.11. The molecular formula is C16H23NO. The van der Waals surface area contributed by atoms with Crippen molar-refractivity contribution >= 4 is 5.78 Å². The highest BCUT2D eigenvalue weighted by Gasteiger charge is 2.24. The van der Waals surface area contributed by atoms with E-state index in [2.05, 4.69) is 24.8 Å². The molecule has 0 saturated heterocycles. The molecule has 2 nitrogen and oxygen atoms in total. The van der Waals surface area contributed by atoms with E-state index in [0.717, 1.165) is 30.1 Å². The molecule has 0 heterocycles. The van der Waals surface area contributed by atoms with Crippen LogP contribution in [0.1, 0.15) is 41.3 Å². The fourth-order valence-corrected chi connectivity index (χ4v) is 2.39. The van der Waals surface area contributed by atoms with E-state index in [-0.39, 0.29) is 5.78 Å². The van der Waals surface area contributed by atoms with Crippen molar-refractivity contribution in [1.29, 1.82) is 0 Å². The largest absolute Gasteiger partial charge is 0.296 e. The number of carbonyl (C=O) groups excluding carboxylic acids is 1. The minimum Gasteiger partial charge on any atom is -0.296 e. The van der Waals surface area contributed by atoms with Gasteiger partial charge in [0.1, 0.15) is 0 Å². The molecule has 0 unspecified atom stereocenters. The molecule has 1 aromatic carbocycles. The number of rotatable bonds is 6. The highest BCUT2D eigenvalue weighted by molar-refractivity contribution is 5.98. The molecule has 98 valence electrons. The van der Waals surface area contributed by atoms with E-state index in [4.69, 9.17) is 0 Å². The molecule has 0 bridgehead atoms. The normalized spacial score (nSPS) is 15.1. The number of likely N-dealkylation sites (N-methyl/N-ethyl adjacent to an activating group) is 1. The summed E-state index contributed by atoms with van der Waals surface area (Å²) in [7, 11) is 0. The van der Waals surface area contributed by atoms with Crippen molar-refractivity contribution in [1.82, 2.24) is 4.90 Å². The lowest BCUT2D eigenvalue weighted by Gasteiger charge is -2.19. The van der Waals surface area contributed by atoms with Crippen LogP contribution in [0.3, 0.4) is 0 Å². The molecule has 1 saturated carbocycles. The second kappa shape index (κ2) is 5.66. The molecule has 0 atom stereocenters. The monoisotopic (exact) mass is 245 g/mol. The van der Waals surface area contributed by atoms with Crippen molar-refractivity contribution in [3.63, 3.8) is 0 Å². The molecule has 1 aliphatic carbocycles. The lowest BCUT2D eigenvalue weighted by molar-refractivity contribution is 0.0930. The first-order valence-corrected chi connectivity index (χ1v) is 6.93. The number of aryl methyl sites for hydroxylation is 2. The van der Waals surface area contributed by atoms with Gasteiger partial charge >= 0.3 is 0 Å². The van der Waals surface area contributed by atoms with Crippen molar-refractivity contribution in [3.8, 4) is 0 Å². The lowest BCUT2D eigenvalue weighted by atomic mass is 10.0. The SMILES string of the molecule is CCN(CC(=O)c1ccc(C)cc1C)CC1CC1. The molecule has 0 spiro atoms. The standard InChI is InChI=1S/C16H23NO/c1-4-17(10-14-6-7-14)11-16(18)15-8-5-12(2)9-13(15)3/h5,8-9,14H,4,6-7,10-11H2,1-3H3. The van der Waals surface area contributed by atoms with Gasteiger partial charge in [0, 0.05) is 12.1 Å². The Morgan fingerprint density at radius 1 is 1.33 bits per heavy atom. The van der Waals surface area contributed by atoms with Gasteiger partial charge < -0.3 is 0 Å². The Kier molecular flexibility index (Phi) is 4.18. The van der Waals surface area contributed by atoms with Crippen LogP contribution in [-0.4, -0.2) is 30.3 Å². The van der Waals surface area contributed by atoms with Gasteiger partial charge in [-0.25, -0.2) is 0 Å². The summed E-state index contributed by atoms with van der Waals surface area (Å²) < 4.78 is 0. The average molecular weight is 245 g/mol. The number of carbonyl (C=O) groups is 1. The number of ketones is 1. The minimum atomic E-state index is 0.259. The Labute approximate surface area is 110 Å². The zero-order valence-corrected chi connectivity index (χ0v) is 11.7. The van der Waals surface area contributed by atoms with Gasteiger partial charge in [0.15, 0.2) is 5.78 Å². The Morgan fingerprint density at radius 3 is 2.61 bits per heavy atom. The maximum absolute atomic E-state index is 12.3. The highest BCUT2D eigenvalue weighted by Crippen LogP contribution is 2.29. The molecular weight excluding hydrogens is 222 g/mol. The Bertz CT molecular complexity index is 435. The zero-order chi connectivity index (χ0) is 13.1. The summed E-state index contributed by atoms with van der Waals surface area (Å²) in [5.74, 6) is 1.10. The van der Waals surface area contributed by atoms with Crippen molar-refractivity contribution in [2.75, 3.05) is 19.6 Å². The number of nitrogens with zero attached hydrogens (tertiary/aromatic N) is 1. The fourth-order valence-electron chi connectivity index (χ4n) is 2.39. The van der Waals surface area contributed by atoms with E-state index in [1.165, 1.54) is 18.4 Å². The van der Waals surface area contributed by atoms with Gasteiger partial charge in [-0.2, -0.15) is 0 Å². The van der Waals surface area contributed by atoms with Crippen molar-refractivity contribution < 1.29 is 4.79 Å². The van der Waals surface area contributed by atoms with Crippen LogP contribution in [0.4, 0.5) is 0 Å². The van der Waals surface area contributed by atoms with Crippen molar-refractivity contribution in [2.45, 2.75) is 33.6 Å². The first kappa shape index (κ1) is 13.3. The maximum Gasteiger partial charge on any atom is 0.177 e. The predicted molar refractivity (Wildman–Crippen MR) is 75.1 cm³/mol. The summed E-state index contributed by atoms with van der Waals surface area (Å²) in [5, 5.41) is 0. The van der Waals surface area contributed by atoms with E-state index in [0.29, 0.717) is 6.54 Å². The molecule has 2 rings (SSSR count).